The van der Waals surface area contributed by atoms with Crippen LogP contribution in [0.1, 0.15) is 37.5 Å². The van der Waals surface area contributed by atoms with Crippen molar-refractivity contribution < 1.29 is 4.74 Å². The highest BCUT2D eigenvalue weighted by Crippen LogP contribution is 2.29. The molecule has 3 heteroatoms. The van der Waals surface area contributed by atoms with Crippen molar-refractivity contribution in [3.05, 3.63) is 57.6 Å². The van der Waals surface area contributed by atoms with E-state index in [0.717, 1.165) is 27.0 Å². The molecule has 2 N–H and O–H groups in total. The molecule has 0 aliphatic carbocycles. The Morgan fingerprint density at radius 2 is 1.86 bits per heavy atom. The summed E-state index contributed by atoms with van der Waals surface area (Å²) >= 11 is 3.50. The van der Waals surface area contributed by atoms with E-state index in [1.165, 1.54) is 5.56 Å². The molecule has 0 amide bonds. The summed E-state index contributed by atoms with van der Waals surface area (Å²) in [4.78, 5) is 0. The van der Waals surface area contributed by atoms with Gasteiger partial charge in [0.1, 0.15) is 12.4 Å². The highest BCUT2D eigenvalue weighted by Gasteiger charge is 2.15. The second-order valence-electron chi connectivity index (χ2n) is 6.34. The summed E-state index contributed by atoms with van der Waals surface area (Å²) in [6, 6.07) is 12.2. The Bertz CT molecular complexity index is 644. The van der Waals surface area contributed by atoms with Gasteiger partial charge in [-0.2, -0.15) is 0 Å². The third kappa shape index (κ3) is 3.79. The molecule has 0 aliphatic heterocycles. The van der Waals surface area contributed by atoms with Crippen LogP contribution in [-0.2, 0) is 12.0 Å². The molecule has 0 aliphatic rings. The molecule has 21 heavy (non-hydrogen) atoms. The molecule has 0 fully saturated rings. The van der Waals surface area contributed by atoms with Crippen molar-refractivity contribution in [2.24, 2.45) is 0 Å². The summed E-state index contributed by atoms with van der Waals surface area (Å²) in [7, 11) is 0. The van der Waals surface area contributed by atoms with Crippen LogP contribution in [0.5, 0.6) is 5.75 Å². The van der Waals surface area contributed by atoms with Gasteiger partial charge in [0.05, 0.1) is 0 Å². The maximum Gasteiger partial charge on any atom is 0.122 e. The molecule has 0 bridgehead atoms. The number of ether oxygens (including phenoxy) is 1. The molecule has 0 saturated carbocycles. The van der Waals surface area contributed by atoms with Gasteiger partial charge in [-0.1, -0.05) is 45.0 Å². The largest absolute Gasteiger partial charge is 0.489 e. The summed E-state index contributed by atoms with van der Waals surface area (Å²) in [6.07, 6.45) is 0. The number of nitrogen functional groups attached to an aromatic ring is 1. The monoisotopic (exact) mass is 347 g/mol. The van der Waals surface area contributed by atoms with Crippen LogP contribution in [0.25, 0.3) is 0 Å². The van der Waals surface area contributed by atoms with Gasteiger partial charge in [0.25, 0.3) is 0 Å². The number of nitrogens with two attached hydrogens (primary N) is 1. The first-order chi connectivity index (χ1) is 9.79. The highest BCUT2D eigenvalue weighted by molar-refractivity contribution is 9.10. The van der Waals surface area contributed by atoms with Gasteiger partial charge in [0, 0.05) is 15.7 Å². The number of hydrogen-bond donors (Lipinski definition) is 1. The summed E-state index contributed by atoms with van der Waals surface area (Å²) in [5.74, 6) is 0.914. The lowest BCUT2D eigenvalue weighted by Crippen LogP contribution is -2.11. The Morgan fingerprint density at radius 1 is 1.14 bits per heavy atom. The van der Waals surface area contributed by atoms with Crippen molar-refractivity contribution in [3.8, 4) is 5.75 Å². The normalized spacial score (nSPS) is 11.5. The first kappa shape index (κ1) is 15.9. The van der Waals surface area contributed by atoms with Gasteiger partial charge >= 0.3 is 0 Å². The van der Waals surface area contributed by atoms with E-state index < -0.39 is 0 Å². The first-order valence-corrected chi connectivity index (χ1v) is 7.85. The van der Waals surface area contributed by atoms with E-state index in [4.69, 9.17) is 10.5 Å². The van der Waals surface area contributed by atoms with Crippen LogP contribution in [0.15, 0.2) is 40.9 Å². The lowest BCUT2D eigenvalue weighted by molar-refractivity contribution is 0.303. The maximum atomic E-state index is 5.94. The van der Waals surface area contributed by atoms with E-state index in [2.05, 4.69) is 61.8 Å². The Balaban J connectivity index is 2.16. The molecular weight excluding hydrogens is 326 g/mol. The Kier molecular flexibility index (Phi) is 4.62. The van der Waals surface area contributed by atoms with Crippen LogP contribution >= 0.6 is 15.9 Å². The van der Waals surface area contributed by atoms with Crippen molar-refractivity contribution in [1.82, 2.24) is 0 Å². The lowest BCUT2D eigenvalue weighted by atomic mass is 9.86. The van der Waals surface area contributed by atoms with E-state index in [1.54, 1.807) is 0 Å². The number of aryl methyl sites for hydroxylation is 1. The number of hydrogen-bond acceptors (Lipinski definition) is 2. The molecule has 0 heterocycles. The minimum Gasteiger partial charge on any atom is -0.489 e. The smallest absolute Gasteiger partial charge is 0.122 e. The summed E-state index contributed by atoms with van der Waals surface area (Å²) in [6.45, 7) is 9.23. The first-order valence-electron chi connectivity index (χ1n) is 7.06. The van der Waals surface area contributed by atoms with E-state index >= 15 is 0 Å². The summed E-state index contributed by atoms with van der Waals surface area (Å²) in [5.41, 5.74) is 10.3. The van der Waals surface area contributed by atoms with Gasteiger partial charge in [-0.05, 0) is 51.5 Å². The number of benzene rings is 2. The molecule has 0 spiro atoms. The van der Waals surface area contributed by atoms with E-state index in [1.807, 2.05) is 18.2 Å². The second kappa shape index (κ2) is 6.10. The third-order valence-electron chi connectivity index (χ3n) is 3.53. The van der Waals surface area contributed by atoms with Crippen LogP contribution in [0.4, 0.5) is 5.69 Å². The molecule has 0 atom stereocenters. The Hall–Kier alpha value is -1.48. The molecule has 2 rings (SSSR count). The average Bonchev–Trinajstić information content (AvgIpc) is 2.40. The highest BCUT2D eigenvalue weighted by atomic mass is 79.9. The van der Waals surface area contributed by atoms with Gasteiger partial charge in [-0.25, -0.2) is 0 Å². The predicted octanol–water partition coefficient (Wildman–Crippen LogP) is 5.22. The van der Waals surface area contributed by atoms with Crippen LogP contribution < -0.4 is 10.5 Å². The zero-order chi connectivity index (χ0) is 15.6. The minimum absolute atomic E-state index is 0.153. The Morgan fingerprint density at radius 3 is 2.48 bits per heavy atom. The van der Waals surface area contributed by atoms with Gasteiger partial charge in [0.2, 0.25) is 0 Å². The van der Waals surface area contributed by atoms with Crippen molar-refractivity contribution in [2.75, 3.05) is 5.73 Å². The van der Waals surface area contributed by atoms with Crippen LogP contribution in [0, 0.1) is 6.92 Å². The fourth-order valence-electron chi connectivity index (χ4n) is 2.14. The van der Waals surface area contributed by atoms with Crippen LogP contribution in [0.3, 0.4) is 0 Å². The van der Waals surface area contributed by atoms with Gasteiger partial charge < -0.3 is 10.5 Å². The van der Waals surface area contributed by atoms with E-state index in [0.29, 0.717) is 6.61 Å². The fraction of sp³-hybridized carbons (Fsp3) is 0.333. The van der Waals surface area contributed by atoms with Gasteiger partial charge in [-0.3, -0.25) is 0 Å². The third-order valence-corrected chi connectivity index (χ3v) is 4.50. The predicted molar refractivity (Wildman–Crippen MR) is 92.8 cm³/mol. The molecule has 0 aromatic heterocycles. The number of rotatable bonds is 3. The molecule has 2 aromatic rings. The molecule has 2 aromatic carbocycles. The van der Waals surface area contributed by atoms with E-state index in [9.17, 15) is 0 Å². The zero-order valence-electron chi connectivity index (χ0n) is 13.0. The standard InChI is InChI=1S/C18H22BrNO/c1-12-10-14(18(2,3)4)8-9-16(12)21-11-13-6-5-7-15(20)17(13)19/h5-10H,11,20H2,1-4H3. The summed E-state index contributed by atoms with van der Waals surface area (Å²) in [5, 5.41) is 0. The van der Waals surface area contributed by atoms with Crippen molar-refractivity contribution in [1.29, 1.82) is 0 Å². The van der Waals surface area contributed by atoms with Gasteiger partial charge in [-0.15, -0.1) is 0 Å². The fourth-order valence-corrected chi connectivity index (χ4v) is 2.52. The average molecular weight is 348 g/mol. The quantitative estimate of drug-likeness (QED) is 0.772. The molecule has 0 radical (unpaired) electrons. The van der Waals surface area contributed by atoms with Gasteiger partial charge in [0.15, 0.2) is 0 Å². The van der Waals surface area contributed by atoms with E-state index in [-0.39, 0.29) is 5.41 Å². The summed E-state index contributed by atoms with van der Waals surface area (Å²) < 4.78 is 6.85. The zero-order valence-corrected chi connectivity index (χ0v) is 14.6. The van der Waals surface area contributed by atoms with Crippen molar-refractivity contribution in [3.63, 3.8) is 0 Å². The van der Waals surface area contributed by atoms with Crippen LogP contribution in [0.2, 0.25) is 0 Å². The maximum absolute atomic E-state index is 5.94. The molecule has 0 saturated heterocycles. The van der Waals surface area contributed by atoms with Crippen molar-refractivity contribution in [2.45, 2.75) is 39.7 Å². The molecular formula is C18H22BrNO. The lowest BCUT2D eigenvalue weighted by Gasteiger charge is -2.20. The second-order valence-corrected chi connectivity index (χ2v) is 7.13. The minimum atomic E-state index is 0.153. The van der Waals surface area contributed by atoms with Crippen molar-refractivity contribution >= 4 is 21.6 Å². The SMILES string of the molecule is Cc1cc(C(C)(C)C)ccc1OCc1cccc(N)c1Br. The molecule has 2 nitrogen and oxygen atoms in total. The molecule has 112 valence electrons. The topological polar surface area (TPSA) is 35.2 Å². The molecule has 0 unspecified atom stereocenters. The Labute approximate surface area is 135 Å². The number of anilines is 1. The van der Waals surface area contributed by atoms with Crippen LogP contribution in [-0.4, -0.2) is 0 Å². The number of halogens is 1.